The largest absolute Gasteiger partial charge is 0.522 e. The van der Waals surface area contributed by atoms with Crippen molar-refractivity contribution in [2.45, 2.75) is 19.4 Å². The van der Waals surface area contributed by atoms with Crippen molar-refractivity contribution in [3.63, 3.8) is 0 Å². The van der Waals surface area contributed by atoms with Crippen molar-refractivity contribution in [2.75, 3.05) is 0 Å². The molecule has 126 valence electrons. The number of benzene rings is 2. The molecule has 3 nitrogen and oxygen atoms in total. The summed E-state index contributed by atoms with van der Waals surface area (Å²) < 4.78 is 58.9. The molecule has 0 amide bonds. The summed E-state index contributed by atoms with van der Waals surface area (Å²) in [6.07, 6.45) is 0. The van der Waals surface area contributed by atoms with Gasteiger partial charge in [0, 0.05) is 3.57 Å². The average molecular weight is 458 g/mol. The highest BCUT2D eigenvalue weighted by molar-refractivity contribution is 14.1. The molecule has 0 atom stereocenters. The Bertz CT molecular complexity index is 773. The van der Waals surface area contributed by atoms with E-state index in [0.29, 0.717) is 0 Å². The van der Waals surface area contributed by atoms with Gasteiger partial charge in [0.25, 0.3) is 0 Å². The lowest BCUT2D eigenvalue weighted by Crippen LogP contribution is -2.21. The third-order valence-corrected chi connectivity index (χ3v) is 4.52. The maximum Gasteiger partial charge on any atom is 0.522 e. The standard InChI is InChI=1S/C14H13I.CHF3O3S/c1-10-8-9-13(15)14(11(10)2)12-6-4-3-5-7-12;2-1(3,4)8(5,6)7/h3-9H,1-2H3;(H,5,6,7). The van der Waals surface area contributed by atoms with E-state index in [1.807, 2.05) is 0 Å². The molecule has 2 aromatic rings. The van der Waals surface area contributed by atoms with E-state index in [-0.39, 0.29) is 0 Å². The zero-order chi connectivity index (χ0) is 17.8. The Kier molecular flexibility index (Phi) is 6.60. The van der Waals surface area contributed by atoms with Crippen LogP contribution in [-0.2, 0) is 10.1 Å². The maximum absolute atomic E-state index is 10.7. The molecule has 0 bridgehead atoms. The lowest BCUT2D eigenvalue weighted by molar-refractivity contribution is -0.0510. The first-order valence-corrected chi connectivity index (χ1v) is 8.82. The molecule has 2 aromatic carbocycles. The highest BCUT2D eigenvalue weighted by atomic mass is 127. The minimum Gasteiger partial charge on any atom is -0.279 e. The second-order valence-corrected chi connectivity index (χ2v) is 7.23. The molecule has 8 heteroatoms. The van der Waals surface area contributed by atoms with Gasteiger partial charge in [-0.2, -0.15) is 21.6 Å². The first-order chi connectivity index (χ1) is 10.4. The Hall–Kier alpha value is -1.13. The Morgan fingerprint density at radius 1 is 1.00 bits per heavy atom. The van der Waals surface area contributed by atoms with Crippen molar-refractivity contribution < 1.29 is 26.1 Å². The minimum absolute atomic E-state index is 1.31. The number of halogens is 4. The Morgan fingerprint density at radius 2 is 1.48 bits per heavy atom. The van der Waals surface area contributed by atoms with Crippen molar-refractivity contribution in [3.05, 3.63) is 57.2 Å². The van der Waals surface area contributed by atoms with E-state index in [9.17, 15) is 13.2 Å². The average Bonchev–Trinajstić information content (AvgIpc) is 2.43. The molecule has 0 aliphatic carbocycles. The Morgan fingerprint density at radius 3 is 1.91 bits per heavy atom. The molecule has 0 saturated carbocycles. The quantitative estimate of drug-likeness (QED) is 0.373. The SMILES string of the molecule is Cc1ccc(I)c(-c2ccccc2)c1C.O=S(=O)(O)C(F)(F)F. The van der Waals surface area contributed by atoms with Crippen LogP contribution in [0.25, 0.3) is 11.1 Å². The van der Waals surface area contributed by atoms with E-state index in [2.05, 4.69) is 78.9 Å². The van der Waals surface area contributed by atoms with Crippen LogP contribution < -0.4 is 0 Å². The van der Waals surface area contributed by atoms with E-state index in [4.69, 9.17) is 13.0 Å². The Labute approximate surface area is 146 Å². The predicted molar refractivity (Wildman–Crippen MR) is 91.7 cm³/mol. The minimum atomic E-state index is -5.84. The summed E-state index contributed by atoms with van der Waals surface area (Å²) in [6, 6.07) is 14.9. The number of rotatable bonds is 1. The summed E-state index contributed by atoms with van der Waals surface area (Å²) in [5.41, 5.74) is -0.117. The third kappa shape index (κ3) is 5.47. The van der Waals surface area contributed by atoms with Crippen molar-refractivity contribution in [1.82, 2.24) is 0 Å². The van der Waals surface area contributed by atoms with Crippen LogP contribution in [0.4, 0.5) is 13.2 Å². The third-order valence-electron chi connectivity index (χ3n) is 3.04. The highest BCUT2D eigenvalue weighted by Gasteiger charge is 2.44. The van der Waals surface area contributed by atoms with Crippen LogP contribution in [-0.4, -0.2) is 18.5 Å². The molecule has 0 unspecified atom stereocenters. The maximum atomic E-state index is 10.7. The van der Waals surface area contributed by atoms with E-state index in [1.54, 1.807) is 0 Å². The number of hydrogen-bond donors (Lipinski definition) is 1. The van der Waals surface area contributed by atoms with Gasteiger partial charge in [0.1, 0.15) is 0 Å². The van der Waals surface area contributed by atoms with Gasteiger partial charge in [-0.25, -0.2) is 0 Å². The molecule has 0 saturated heterocycles. The van der Waals surface area contributed by atoms with Crippen molar-refractivity contribution in [2.24, 2.45) is 0 Å². The van der Waals surface area contributed by atoms with E-state index in [1.165, 1.54) is 25.8 Å². The molecule has 0 radical (unpaired) electrons. The van der Waals surface area contributed by atoms with Crippen LogP contribution in [0.3, 0.4) is 0 Å². The summed E-state index contributed by atoms with van der Waals surface area (Å²) in [7, 11) is -5.84. The van der Waals surface area contributed by atoms with Crippen LogP contribution in [0.15, 0.2) is 42.5 Å². The fourth-order valence-corrected chi connectivity index (χ4v) is 2.64. The summed E-state index contributed by atoms with van der Waals surface area (Å²) in [6.45, 7) is 4.36. The zero-order valence-corrected chi connectivity index (χ0v) is 15.2. The van der Waals surface area contributed by atoms with E-state index in [0.717, 1.165) is 0 Å². The molecule has 23 heavy (non-hydrogen) atoms. The molecular formula is C15H14F3IO3S. The van der Waals surface area contributed by atoms with Crippen LogP contribution in [0.1, 0.15) is 11.1 Å². The normalized spacial score (nSPS) is 11.6. The van der Waals surface area contributed by atoms with Crippen LogP contribution in [0.2, 0.25) is 0 Å². The zero-order valence-electron chi connectivity index (χ0n) is 12.2. The molecular weight excluding hydrogens is 444 g/mol. The second-order valence-electron chi connectivity index (χ2n) is 4.65. The lowest BCUT2D eigenvalue weighted by atomic mass is 9.97. The van der Waals surface area contributed by atoms with Crippen LogP contribution >= 0.6 is 22.6 Å². The first kappa shape index (κ1) is 19.9. The summed E-state index contributed by atoms with van der Waals surface area (Å²) in [4.78, 5) is 0. The number of alkyl halides is 3. The van der Waals surface area contributed by atoms with E-state index >= 15 is 0 Å². The lowest BCUT2D eigenvalue weighted by Gasteiger charge is -2.11. The van der Waals surface area contributed by atoms with Gasteiger partial charge >= 0.3 is 15.6 Å². The van der Waals surface area contributed by atoms with Gasteiger partial charge in [0.05, 0.1) is 0 Å². The van der Waals surface area contributed by atoms with Gasteiger partial charge in [0.2, 0.25) is 0 Å². The number of aryl methyl sites for hydroxylation is 1. The fourth-order valence-electron chi connectivity index (χ4n) is 1.74. The molecule has 1 N–H and O–H groups in total. The van der Waals surface area contributed by atoms with Crippen molar-refractivity contribution in [3.8, 4) is 11.1 Å². The monoisotopic (exact) mass is 458 g/mol. The number of hydrogen-bond acceptors (Lipinski definition) is 2. The van der Waals surface area contributed by atoms with Gasteiger partial charge in [-0.1, -0.05) is 36.4 Å². The van der Waals surface area contributed by atoms with Crippen LogP contribution in [0.5, 0.6) is 0 Å². The topological polar surface area (TPSA) is 54.4 Å². The summed E-state index contributed by atoms with van der Waals surface area (Å²) >= 11 is 2.41. The molecule has 0 fully saturated rings. The van der Waals surface area contributed by atoms with Gasteiger partial charge in [-0.3, -0.25) is 4.55 Å². The summed E-state index contributed by atoms with van der Waals surface area (Å²) in [5.74, 6) is 0. The molecule has 0 heterocycles. The fraction of sp³-hybridized carbons (Fsp3) is 0.200. The highest BCUT2D eigenvalue weighted by Crippen LogP contribution is 2.30. The smallest absolute Gasteiger partial charge is 0.279 e. The van der Waals surface area contributed by atoms with Crippen molar-refractivity contribution in [1.29, 1.82) is 0 Å². The van der Waals surface area contributed by atoms with Gasteiger partial charge < -0.3 is 0 Å². The molecule has 0 aliphatic rings. The molecule has 2 rings (SSSR count). The van der Waals surface area contributed by atoms with E-state index < -0.39 is 15.6 Å². The Balaban J connectivity index is 0.000000284. The summed E-state index contributed by atoms with van der Waals surface area (Å²) in [5, 5.41) is 0. The molecule has 0 aliphatic heterocycles. The van der Waals surface area contributed by atoms with Gasteiger partial charge in [0.15, 0.2) is 0 Å². The van der Waals surface area contributed by atoms with Gasteiger partial charge in [-0.15, -0.1) is 0 Å². The van der Waals surface area contributed by atoms with Crippen molar-refractivity contribution >= 4 is 32.7 Å². The van der Waals surface area contributed by atoms with Gasteiger partial charge in [-0.05, 0) is 64.8 Å². The second kappa shape index (κ2) is 7.63. The van der Waals surface area contributed by atoms with Crippen LogP contribution in [0, 0.1) is 17.4 Å². The first-order valence-electron chi connectivity index (χ1n) is 6.30. The molecule has 0 spiro atoms. The predicted octanol–water partition coefficient (Wildman–Crippen LogP) is 4.97. The molecule has 0 aromatic heterocycles.